The van der Waals surface area contributed by atoms with Crippen LogP contribution < -0.4 is 5.43 Å². The smallest absolute Gasteiger partial charge is 0.276 e. The van der Waals surface area contributed by atoms with E-state index in [1.807, 2.05) is 38.1 Å². The Morgan fingerprint density at radius 3 is 1.85 bits per heavy atom. The summed E-state index contributed by atoms with van der Waals surface area (Å²) < 4.78 is 1.55. The number of aromatic nitrogens is 2. The lowest BCUT2D eigenvalue weighted by Gasteiger charge is -2.41. The topological polar surface area (TPSA) is 75.4 Å². The highest BCUT2D eigenvalue weighted by atomic mass is 28.3. The van der Waals surface area contributed by atoms with Gasteiger partial charge in [0.15, 0.2) is 11.4 Å². The highest BCUT2D eigenvalue weighted by Crippen LogP contribution is 2.40. The molecule has 0 saturated carbocycles. The number of aromatic hydroxyl groups is 1. The second-order valence-corrected chi connectivity index (χ2v) is 22.5. The number of benzene rings is 2. The molecule has 0 saturated heterocycles. The molecule has 1 aliphatic rings. The van der Waals surface area contributed by atoms with Crippen LogP contribution in [0.4, 0.5) is 0 Å². The average molecular weight is 582 g/mol. The van der Waals surface area contributed by atoms with Crippen molar-refractivity contribution < 1.29 is 9.90 Å². The summed E-state index contributed by atoms with van der Waals surface area (Å²) in [5.41, 5.74) is 10.0. The van der Waals surface area contributed by atoms with Crippen molar-refractivity contribution in [1.82, 2.24) is 14.7 Å². The van der Waals surface area contributed by atoms with E-state index in [1.165, 1.54) is 0 Å². The first kappa shape index (κ1) is 30.1. The third kappa shape index (κ3) is 7.08. The number of hydrogen-bond donors (Lipinski definition) is 1. The van der Waals surface area contributed by atoms with Gasteiger partial charge in [0.2, 0.25) is 5.43 Å². The van der Waals surface area contributed by atoms with Crippen molar-refractivity contribution >= 4 is 22.1 Å². The zero-order chi connectivity index (χ0) is 30.1. The van der Waals surface area contributed by atoms with E-state index >= 15 is 0 Å². The summed E-state index contributed by atoms with van der Waals surface area (Å²) in [4.78, 5) is 27.6. The molecule has 4 rings (SSSR count). The maximum Gasteiger partial charge on any atom is 0.276 e. The molecule has 212 valence electrons. The van der Waals surface area contributed by atoms with Gasteiger partial charge < -0.3 is 10.0 Å². The van der Waals surface area contributed by atoms with Crippen molar-refractivity contribution in [3.05, 3.63) is 92.9 Å². The molecule has 0 spiro atoms. The molecule has 1 amide bonds. The van der Waals surface area contributed by atoms with Gasteiger partial charge in [-0.05, 0) is 49.2 Å². The molecule has 1 aliphatic heterocycles. The molecule has 41 heavy (non-hydrogen) atoms. The van der Waals surface area contributed by atoms with Crippen LogP contribution in [0.1, 0.15) is 58.5 Å². The number of hydrogen-bond acceptors (Lipinski definition) is 4. The van der Waals surface area contributed by atoms with Crippen LogP contribution in [0, 0.1) is 22.9 Å². The van der Waals surface area contributed by atoms with Gasteiger partial charge in [0.1, 0.15) is 16.1 Å². The van der Waals surface area contributed by atoms with E-state index in [0.717, 1.165) is 28.5 Å². The summed E-state index contributed by atoms with van der Waals surface area (Å²) in [5.74, 6) is 5.53. The highest BCUT2D eigenvalue weighted by molar-refractivity contribution is 6.84. The third-order valence-corrected chi connectivity index (χ3v) is 8.56. The molecule has 3 aromatic rings. The summed E-state index contributed by atoms with van der Waals surface area (Å²) >= 11 is 0. The van der Waals surface area contributed by atoms with Crippen LogP contribution in [0.5, 0.6) is 5.75 Å². The van der Waals surface area contributed by atoms with Crippen molar-refractivity contribution in [3.63, 3.8) is 0 Å². The first-order valence-corrected chi connectivity index (χ1v) is 21.0. The monoisotopic (exact) mass is 581 g/mol. The first-order valence-electron chi connectivity index (χ1n) is 14.0. The zero-order valence-electron chi connectivity index (χ0n) is 25.2. The van der Waals surface area contributed by atoms with Crippen LogP contribution in [-0.4, -0.2) is 54.4 Å². The minimum atomic E-state index is -1.59. The Balaban J connectivity index is 1.97. The van der Waals surface area contributed by atoms with Crippen LogP contribution >= 0.6 is 0 Å². The molecule has 0 fully saturated rings. The molecular formula is C33H39N3O3Si2. The van der Waals surface area contributed by atoms with Gasteiger partial charge in [-0.2, -0.15) is 5.10 Å². The Kier molecular flexibility index (Phi) is 8.49. The minimum absolute atomic E-state index is 0.0724. The van der Waals surface area contributed by atoms with Gasteiger partial charge in [0.25, 0.3) is 5.91 Å². The standard InChI is InChI=1S/C33H39N3O3Si2/c1-23(2)35-22-28(36-31(33(35)39)32(38)29(37)21-34-36)30(26-13-9-11-24(19-26)15-17-40(3,4)5)27-14-10-12-25(20-27)16-18-41(6,7)8/h9-14,19-21,23,28,30,38H,22H2,1-8H3. The Morgan fingerprint density at radius 2 is 1.39 bits per heavy atom. The fourth-order valence-corrected chi connectivity index (χ4v) is 5.91. The predicted octanol–water partition coefficient (Wildman–Crippen LogP) is 5.64. The van der Waals surface area contributed by atoms with E-state index in [0.29, 0.717) is 6.54 Å². The molecule has 1 N–H and O–H groups in total. The van der Waals surface area contributed by atoms with E-state index in [4.69, 9.17) is 0 Å². The zero-order valence-corrected chi connectivity index (χ0v) is 27.2. The SMILES string of the molecule is CC(C)N1CC(C(c2cccc(C#C[Si](C)(C)C)c2)c2cccc(C#C[Si](C)(C)C)c2)n2ncc(=O)c(O)c2C1=O. The molecule has 0 bridgehead atoms. The fourth-order valence-electron chi connectivity index (χ4n) is 4.88. The largest absolute Gasteiger partial charge is 0.502 e. The number of rotatable bonds is 4. The normalized spacial score (nSPS) is 15.2. The third-order valence-electron chi connectivity index (χ3n) is 6.81. The molecule has 1 aromatic heterocycles. The lowest BCUT2D eigenvalue weighted by Crippen LogP contribution is -2.49. The number of carbonyl (C=O) groups is 1. The van der Waals surface area contributed by atoms with E-state index in [2.05, 4.69) is 91.6 Å². The predicted molar refractivity (Wildman–Crippen MR) is 171 cm³/mol. The summed E-state index contributed by atoms with van der Waals surface area (Å²) in [7, 11) is -3.18. The van der Waals surface area contributed by atoms with Gasteiger partial charge in [-0.3, -0.25) is 14.3 Å². The highest BCUT2D eigenvalue weighted by Gasteiger charge is 2.40. The van der Waals surface area contributed by atoms with Crippen molar-refractivity contribution in [1.29, 1.82) is 0 Å². The van der Waals surface area contributed by atoms with E-state index < -0.39 is 39.3 Å². The van der Waals surface area contributed by atoms with Crippen molar-refractivity contribution in [3.8, 4) is 28.7 Å². The molecule has 6 nitrogen and oxygen atoms in total. The second-order valence-electron chi connectivity index (χ2n) is 13.0. The van der Waals surface area contributed by atoms with Crippen LogP contribution in [-0.2, 0) is 0 Å². The summed E-state index contributed by atoms with van der Waals surface area (Å²) in [6, 6.07) is 15.9. The minimum Gasteiger partial charge on any atom is -0.502 e. The maximum atomic E-state index is 13.5. The fraction of sp³-hybridized carbons (Fsp3) is 0.364. The number of fused-ring (bicyclic) bond motifs is 1. The summed E-state index contributed by atoms with van der Waals surface area (Å²) in [6.45, 7) is 17.5. The maximum absolute atomic E-state index is 13.5. The van der Waals surface area contributed by atoms with Gasteiger partial charge in [-0.15, -0.1) is 11.1 Å². The van der Waals surface area contributed by atoms with Gasteiger partial charge >= 0.3 is 0 Å². The van der Waals surface area contributed by atoms with Crippen LogP contribution in [0.15, 0.2) is 59.5 Å². The Labute approximate surface area is 245 Å². The molecule has 0 radical (unpaired) electrons. The van der Waals surface area contributed by atoms with E-state index in [1.54, 1.807) is 9.58 Å². The molecule has 2 heterocycles. The number of amides is 1. The quantitative estimate of drug-likeness (QED) is 0.320. The molecular weight excluding hydrogens is 543 g/mol. The number of carbonyl (C=O) groups excluding carboxylic acids is 1. The Morgan fingerprint density at radius 1 is 0.878 bits per heavy atom. The van der Waals surface area contributed by atoms with Crippen molar-refractivity contribution in [2.45, 2.75) is 71.1 Å². The summed E-state index contributed by atoms with van der Waals surface area (Å²) in [5, 5.41) is 15.2. The molecule has 8 heteroatoms. The van der Waals surface area contributed by atoms with Crippen LogP contribution in [0.2, 0.25) is 39.3 Å². The summed E-state index contributed by atoms with van der Waals surface area (Å²) in [6.07, 6.45) is 1.09. The molecule has 1 unspecified atom stereocenters. The Bertz CT molecular complexity index is 1580. The number of nitrogens with zero attached hydrogens (tertiary/aromatic N) is 3. The lowest BCUT2D eigenvalue weighted by molar-refractivity contribution is 0.0570. The lowest BCUT2D eigenvalue weighted by atomic mass is 9.82. The second kappa shape index (κ2) is 11.6. The van der Waals surface area contributed by atoms with Gasteiger partial charge in [0, 0.05) is 29.6 Å². The van der Waals surface area contributed by atoms with Crippen molar-refractivity contribution in [2.75, 3.05) is 6.54 Å². The van der Waals surface area contributed by atoms with E-state index in [9.17, 15) is 14.7 Å². The first-order chi connectivity index (χ1) is 19.1. The van der Waals surface area contributed by atoms with Crippen molar-refractivity contribution in [2.24, 2.45) is 0 Å². The van der Waals surface area contributed by atoms with Crippen LogP contribution in [0.25, 0.3) is 0 Å². The average Bonchev–Trinajstić information content (AvgIpc) is 2.89. The molecule has 0 aliphatic carbocycles. The molecule has 2 aromatic carbocycles. The Hall–Kier alpha value is -3.86. The van der Waals surface area contributed by atoms with E-state index in [-0.39, 0.29) is 17.7 Å². The van der Waals surface area contributed by atoms with Crippen LogP contribution in [0.3, 0.4) is 0 Å². The molecule has 1 atom stereocenters. The van der Waals surface area contributed by atoms with Gasteiger partial charge in [-0.1, -0.05) is 75.4 Å². The van der Waals surface area contributed by atoms with Gasteiger partial charge in [0.05, 0.1) is 12.2 Å². The van der Waals surface area contributed by atoms with Gasteiger partial charge in [-0.25, -0.2) is 0 Å².